The van der Waals surface area contributed by atoms with E-state index in [1.165, 1.54) is 0 Å². The molecule has 3 nitrogen and oxygen atoms in total. The van der Waals surface area contributed by atoms with E-state index in [1.54, 1.807) is 0 Å². The van der Waals surface area contributed by atoms with Crippen molar-refractivity contribution in [3.05, 3.63) is 0 Å². The van der Waals surface area contributed by atoms with Crippen LogP contribution in [0.1, 0.15) is 13.8 Å². The fourth-order valence-corrected chi connectivity index (χ4v) is 1.33. The van der Waals surface area contributed by atoms with Gasteiger partial charge in [0.2, 0.25) is 0 Å². The summed E-state index contributed by atoms with van der Waals surface area (Å²) < 4.78 is 0. The first-order valence-electron chi connectivity index (χ1n) is 4.73. The van der Waals surface area contributed by atoms with Gasteiger partial charge in [0, 0.05) is 30.9 Å². The predicted octanol–water partition coefficient (Wildman–Crippen LogP) is 0.896. The summed E-state index contributed by atoms with van der Waals surface area (Å²) in [5.41, 5.74) is 0. The Kier molecular flexibility index (Phi) is 7.97. The summed E-state index contributed by atoms with van der Waals surface area (Å²) in [6.45, 7) is 4.94. The van der Waals surface area contributed by atoms with Gasteiger partial charge in [-0.3, -0.25) is 4.90 Å². The van der Waals surface area contributed by atoms with E-state index in [0.717, 1.165) is 0 Å². The molecule has 14 heavy (non-hydrogen) atoms. The number of nitrogens with zero attached hydrogens (tertiary/aromatic N) is 1. The second kappa shape index (κ2) is 7.71. The maximum atomic E-state index is 9.37. The lowest BCUT2D eigenvalue weighted by Crippen LogP contribution is -2.43. The summed E-state index contributed by atoms with van der Waals surface area (Å²) in [4.78, 5) is 1.96. The molecule has 0 aromatic rings. The molecule has 0 saturated heterocycles. The molecule has 0 aromatic carbocycles. The van der Waals surface area contributed by atoms with Crippen LogP contribution in [0.5, 0.6) is 0 Å². The number of hydrogen-bond donors (Lipinski definition) is 2. The van der Waals surface area contributed by atoms with Crippen molar-refractivity contribution in [1.29, 1.82) is 0 Å². The highest BCUT2D eigenvalue weighted by atomic mass is 35.5. The molecular weight excluding hydrogens is 225 g/mol. The topological polar surface area (TPSA) is 43.7 Å². The van der Waals surface area contributed by atoms with Crippen LogP contribution in [0.4, 0.5) is 0 Å². The summed E-state index contributed by atoms with van der Waals surface area (Å²) in [5, 5.41) is 18.7. The molecule has 2 N–H and O–H groups in total. The zero-order chi connectivity index (χ0) is 11.1. The van der Waals surface area contributed by atoms with Crippen molar-refractivity contribution < 1.29 is 10.2 Å². The Hall–Kier alpha value is 0.460. The van der Waals surface area contributed by atoms with E-state index < -0.39 is 12.2 Å². The van der Waals surface area contributed by atoms with Gasteiger partial charge < -0.3 is 10.2 Å². The minimum Gasteiger partial charge on any atom is -0.391 e. The highest BCUT2D eigenvalue weighted by Crippen LogP contribution is 2.04. The molecule has 2 unspecified atom stereocenters. The van der Waals surface area contributed by atoms with Gasteiger partial charge in [-0.1, -0.05) is 0 Å². The van der Waals surface area contributed by atoms with Gasteiger partial charge in [-0.15, -0.1) is 23.2 Å². The summed E-state index contributed by atoms with van der Waals surface area (Å²) >= 11 is 11.0. The summed E-state index contributed by atoms with van der Waals surface area (Å²) in [6, 6.07) is 0.255. The van der Waals surface area contributed by atoms with Crippen molar-refractivity contribution in [2.24, 2.45) is 0 Å². The minimum absolute atomic E-state index is 0.209. The van der Waals surface area contributed by atoms with Gasteiger partial charge in [0.05, 0.1) is 12.2 Å². The minimum atomic E-state index is -0.554. The second-order valence-electron chi connectivity index (χ2n) is 3.66. The van der Waals surface area contributed by atoms with E-state index >= 15 is 0 Å². The Morgan fingerprint density at radius 2 is 1.36 bits per heavy atom. The van der Waals surface area contributed by atoms with Crippen LogP contribution in [-0.2, 0) is 0 Å². The van der Waals surface area contributed by atoms with Crippen LogP contribution in [0.15, 0.2) is 0 Å². The lowest BCUT2D eigenvalue weighted by Gasteiger charge is -2.29. The largest absolute Gasteiger partial charge is 0.391 e. The first kappa shape index (κ1) is 14.5. The van der Waals surface area contributed by atoms with E-state index in [4.69, 9.17) is 23.2 Å². The molecule has 0 fully saturated rings. The van der Waals surface area contributed by atoms with Gasteiger partial charge in [-0.2, -0.15) is 0 Å². The van der Waals surface area contributed by atoms with Gasteiger partial charge >= 0.3 is 0 Å². The quantitative estimate of drug-likeness (QED) is 0.654. The molecule has 0 aliphatic rings. The Bertz CT molecular complexity index is 135. The highest BCUT2D eigenvalue weighted by Gasteiger charge is 2.17. The number of halogens is 2. The van der Waals surface area contributed by atoms with Crippen molar-refractivity contribution in [3.8, 4) is 0 Å². The molecule has 0 aliphatic carbocycles. The molecular formula is C9H19Cl2NO2. The zero-order valence-electron chi connectivity index (χ0n) is 8.66. The Morgan fingerprint density at radius 1 is 1.00 bits per heavy atom. The molecule has 5 heteroatoms. The third-order valence-corrected chi connectivity index (χ3v) is 2.69. The van der Waals surface area contributed by atoms with Crippen molar-refractivity contribution in [2.75, 3.05) is 24.8 Å². The van der Waals surface area contributed by atoms with E-state index in [-0.39, 0.29) is 17.8 Å². The molecule has 0 rings (SSSR count). The van der Waals surface area contributed by atoms with Crippen LogP contribution in [0.25, 0.3) is 0 Å². The second-order valence-corrected chi connectivity index (χ2v) is 4.28. The standard InChI is InChI=1S/C9H19Cl2NO2/c1-7(2)12(5-8(13)3-10)6-9(14)4-11/h7-9,13-14H,3-6H2,1-2H3. The first-order chi connectivity index (χ1) is 6.51. The third-order valence-electron chi connectivity index (χ3n) is 1.98. The fraction of sp³-hybridized carbons (Fsp3) is 1.00. The Balaban J connectivity index is 4.02. The van der Waals surface area contributed by atoms with Crippen LogP contribution in [-0.4, -0.2) is 58.2 Å². The SMILES string of the molecule is CC(C)N(CC(O)CCl)CC(O)CCl. The van der Waals surface area contributed by atoms with Crippen LogP contribution >= 0.6 is 23.2 Å². The predicted molar refractivity (Wildman–Crippen MR) is 60.2 cm³/mol. The average molecular weight is 244 g/mol. The number of alkyl halides is 2. The van der Waals surface area contributed by atoms with E-state index in [0.29, 0.717) is 13.1 Å². The Labute approximate surface area is 95.6 Å². The van der Waals surface area contributed by atoms with Crippen molar-refractivity contribution in [3.63, 3.8) is 0 Å². The van der Waals surface area contributed by atoms with Gasteiger partial charge in [0.25, 0.3) is 0 Å². The molecule has 86 valence electrons. The Morgan fingerprint density at radius 3 is 1.57 bits per heavy atom. The van der Waals surface area contributed by atoms with Gasteiger partial charge in [0.1, 0.15) is 0 Å². The van der Waals surface area contributed by atoms with Crippen LogP contribution in [0, 0.1) is 0 Å². The van der Waals surface area contributed by atoms with Crippen LogP contribution in [0.2, 0.25) is 0 Å². The van der Waals surface area contributed by atoms with Gasteiger partial charge in [-0.25, -0.2) is 0 Å². The monoisotopic (exact) mass is 243 g/mol. The van der Waals surface area contributed by atoms with Crippen LogP contribution < -0.4 is 0 Å². The number of aliphatic hydroxyl groups excluding tert-OH is 2. The lowest BCUT2D eigenvalue weighted by molar-refractivity contribution is 0.0683. The lowest BCUT2D eigenvalue weighted by atomic mass is 10.2. The number of hydrogen-bond acceptors (Lipinski definition) is 3. The molecule has 0 aliphatic heterocycles. The zero-order valence-corrected chi connectivity index (χ0v) is 10.2. The normalized spacial score (nSPS) is 16.3. The first-order valence-corrected chi connectivity index (χ1v) is 5.80. The van der Waals surface area contributed by atoms with Gasteiger partial charge in [0.15, 0.2) is 0 Å². The van der Waals surface area contributed by atoms with Gasteiger partial charge in [-0.05, 0) is 13.8 Å². The number of aliphatic hydroxyl groups is 2. The maximum absolute atomic E-state index is 9.37. The molecule has 0 aromatic heterocycles. The molecule has 0 saturated carbocycles. The van der Waals surface area contributed by atoms with Crippen molar-refractivity contribution in [2.45, 2.75) is 32.1 Å². The van der Waals surface area contributed by atoms with E-state index in [1.807, 2.05) is 18.7 Å². The molecule has 0 amide bonds. The fourth-order valence-electron chi connectivity index (χ4n) is 1.14. The molecule has 0 spiro atoms. The van der Waals surface area contributed by atoms with Crippen molar-refractivity contribution in [1.82, 2.24) is 4.90 Å². The molecule has 0 heterocycles. The highest BCUT2D eigenvalue weighted by molar-refractivity contribution is 6.18. The summed E-state index contributed by atoms with van der Waals surface area (Å²) in [7, 11) is 0. The van der Waals surface area contributed by atoms with Crippen molar-refractivity contribution >= 4 is 23.2 Å². The molecule has 2 atom stereocenters. The number of rotatable bonds is 7. The summed E-state index contributed by atoms with van der Waals surface area (Å²) in [6.07, 6.45) is -1.11. The third kappa shape index (κ3) is 6.04. The van der Waals surface area contributed by atoms with E-state index in [9.17, 15) is 10.2 Å². The average Bonchev–Trinajstić information content (AvgIpc) is 2.16. The van der Waals surface area contributed by atoms with Crippen LogP contribution in [0.3, 0.4) is 0 Å². The van der Waals surface area contributed by atoms with E-state index in [2.05, 4.69) is 0 Å². The maximum Gasteiger partial charge on any atom is 0.0802 e. The smallest absolute Gasteiger partial charge is 0.0802 e. The molecule has 0 bridgehead atoms. The summed E-state index contributed by atoms with van der Waals surface area (Å²) in [5.74, 6) is 0.417. The molecule has 0 radical (unpaired) electrons.